The van der Waals surface area contributed by atoms with Crippen LogP contribution < -0.4 is 0 Å². The summed E-state index contributed by atoms with van der Waals surface area (Å²) in [7, 11) is 0. The van der Waals surface area contributed by atoms with Crippen LogP contribution in [0.3, 0.4) is 0 Å². The average Bonchev–Trinajstić information content (AvgIpc) is 3.45. The van der Waals surface area contributed by atoms with E-state index in [1.807, 2.05) is 0 Å². The largest absolute Gasteiger partial charge is 0.355 e. The molecular weight excluding hydrogens is 364 g/mol. The molecule has 0 aliphatic heterocycles. The van der Waals surface area contributed by atoms with Crippen molar-refractivity contribution in [2.24, 2.45) is 0 Å². The Labute approximate surface area is 177 Å². The van der Waals surface area contributed by atoms with Crippen molar-refractivity contribution in [3.8, 4) is 45.0 Å². The molecule has 0 atom stereocenters. The summed E-state index contributed by atoms with van der Waals surface area (Å²) in [5.41, 5.74) is 11.9. The molecule has 0 unspecified atom stereocenters. The van der Waals surface area contributed by atoms with Crippen molar-refractivity contribution < 1.29 is 0 Å². The molecule has 0 saturated heterocycles. The Morgan fingerprint density at radius 3 is 1.33 bits per heavy atom. The van der Waals surface area contributed by atoms with Gasteiger partial charge < -0.3 is 9.97 Å². The van der Waals surface area contributed by atoms with E-state index in [1.165, 1.54) is 33.4 Å². The van der Waals surface area contributed by atoms with Crippen LogP contribution in [-0.4, -0.2) is 9.97 Å². The molecule has 0 aliphatic rings. The van der Waals surface area contributed by atoms with Gasteiger partial charge in [-0.3, -0.25) is 0 Å². The zero-order chi connectivity index (χ0) is 20.5. The van der Waals surface area contributed by atoms with Crippen LogP contribution in [0.4, 0.5) is 0 Å². The Morgan fingerprint density at radius 1 is 0.433 bits per heavy atom. The predicted molar refractivity (Wildman–Crippen MR) is 126 cm³/mol. The predicted octanol–water partition coefficient (Wildman–Crippen LogP) is 7.63. The van der Waals surface area contributed by atoms with Gasteiger partial charge >= 0.3 is 0 Å². The summed E-state index contributed by atoms with van der Waals surface area (Å²) in [5.74, 6) is 0. The molecule has 0 fully saturated rings. The van der Waals surface area contributed by atoms with Gasteiger partial charge in [0.1, 0.15) is 0 Å². The summed E-state index contributed by atoms with van der Waals surface area (Å²) in [5, 5.41) is 0. The first-order valence-electron chi connectivity index (χ1n) is 10.3. The van der Waals surface area contributed by atoms with E-state index in [0.29, 0.717) is 0 Å². The van der Waals surface area contributed by atoms with Gasteiger partial charge in [-0.2, -0.15) is 0 Å². The molecule has 0 amide bonds. The zero-order valence-corrected chi connectivity index (χ0v) is 17.2. The van der Waals surface area contributed by atoms with Gasteiger partial charge in [-0.1, -0.05) is 66.7 Å². The third-order valence-corrected chi connectivity index (χ3v) is 5.73. The van der Waals surface area contributed by atoms with E-state index in [4.69, 9.17) is 0 Å². The van der Waals surface area contributed by atoms with Gasteiger partial charge in [-0.05, 0) is 66.4 Å². The summed E-state index contributed by atoms with van der Waals surface area (Å²) in [6.07, 6.45) is 0. The molecule has 0 bridgehead atoms. The van der Waals surface area contributed by atoms with E-state index >= 15 is 0 Å². The molecule has 146 valence electrons. The molecule has 30 heavy (non-hydrogen) atoms. The lowest BCUT2D eigenvalue weighted by Crippen LogP contribution is -1.85. The smallest absolute Gasteiger partial charge is 0.0461 e. The molecule has 2 aromatic heterocycles. The van der Waals surface area contributed by atoms with Gasteiger partial charge in [0.05, 0.1) is 0 Å². The Hall–Kier alpha value is -3.78. The first-order valence-corrected chi connectivity index (χ1v) is 10.3. The summed E-state index contributed by atoms with van der Waals surface area (Å²) in [6.45, 7) is 4.29. The van der Waals surface area contributed by atoms with Crippen LogP contribution in [-0.2, 0) is 0 Å². The fourth-order valence-corrected chi connectivity index (χ4v) is 4.05. The number of benzene rings is 3. The normalized spacial score (nSPS) is 11.0. The van der Waals surface area contributed by atoms with E-state index in [-0.39, 0.29) is 0 Å². The van der Waals surface area contributed by atoms with Crippen molar-refractivity contribution in [1.29, 1.82) is 0 Å². The SMILES string of the molecule is Cc1ccccc1-c1ccc(-c2cccc(-c3ccc(-c4ccccc4C)[nH]3)c2)[nH]1. The standard InChI is InChI=1S/C28H24N2/c1-19-8-3-5-12-23(19)27-16-14-25(29-27)21-10-7-11-22(18-21)26-15-17-28(30-26)24-13-6-4-9-20(24)2/h3-18,29-30H,1-2H3. The quantitative estimate of drug-likeness (QED) is 0.317. The van der Waals surface area contributed by atoms with Gasteiger partial charge in [0.25, 0.3) is 0 Å². The maximum atomic E-state index is 3.59. The number of aromatic nitrogens is 2. The van der Waals surface area contributed by atoms with Gasteiger partial charge in [0, 0.05) is 33.9 Å². The summed E-state index contributed by atoms with van der Waals surface area (Å²) in [6, 6.07) is 34.2. The molecule has 5 aromatic rings. The maximum Gasteiger partial charge on any atom is 0.0461 e. The second kappa shape index (κ2) is 7.57. The molecule has 2 nitrogen and oxygen atoms in total. The highest BCUT2D eigenvalue weighted by atomic mass is 14.7. The third kappa shape index (κ3) is 3.37. The van der Waals surface area contributed by atoms with E-state index in [9.17, 15) is 0 Å². The molecular formula is C28H24N2. The molecule has 0 spiro atoms. The van der Waals surface area contributed by atoms with E-state index in [2.05, 4.69) is 121 Å². The molecule has 2 heteroatoms. The van der Waals surface area contributed by atoms with E-state index in [1.54, 1.807) is 0 Å². The molecule has 2 heterocycles. The average molecular weight is 389 g/mol. The number of hydrogen-bond donors (Lipinski definition) is 2. The highest BCUT2D eigenvalue weighted by Crippen LogP contribution is 2.31. The maximum absolute atomic E-state index is 3.59. The molecule has 0 radical (unpaired) electrons. The van der Waals surface area contributed by atoms with E-state index < -0.39 is 0 Å². The molecule has 3 aromatic carbocycles. The van der Waals surface area contributed by atoms with Crippen molar-refractivity contribution in [3.63, 3.8) is 0 Å². The molecule has 5 rings (SSSR count). The van der Waals surface area contributed by atoms with Crippen molar-refractivity contribution >= 4 is 0 Å². The summed E-state index contributed by atoms with van der Waals surface area (Å²) >= 11 is 0. The number of rotatable bonds is 4. The fraction of sp³-hybridized carbons (Fsp3) is 0.0714. The Bertz CT molecular complexity index is 1220. The number of nitrogens with one attached hydrogen (secondary N) is 2. The van der Waals surface area contributed by atoms with E-state index in [0.717, 1.165) is 22.8 Å². The monoisotopic (exact) mass is 388 g/mol. The lowest BCUT2D eigenvalue weighted by atomic mass is 10.1. The molecule has 0 aliphatic carbocycles. The second-order valence-corrected chi connectivity index (χ2v) is 7.78. The highest BCUT2D eigenvalue weighted by molar-refractivity contribution is 5.75. The van der Waals surface area contributed by atoms with Crippen LogP contribution in [0.5, 0.6) is 0 Å². The highest BCUT2D eigenvalue weighted by Gasteiger charge is 2.09. The van der Waals surface area contributed by atoms with Gasteiger partial charge in [0.15, 0.2) is 0 Å². The Balaban J connectivity index is 1.47. The minimum atomic E-state index is 1.13. The van der Waals surface area contributed by atoms with Crippen molar-refractivity contribution in [1.82, 2.24) is 9.97 Å². The minimum absolute atomic E-state index is 1.13. The van der Waals surface area contributed by atoms with Crippen molar-refractivity contribution in [2.45, 2.75) is 13.8 Å². The molecule has 2 N–H and O–H groups in total. The van der Waals surface area contributed by atoms with Crippen LogP contribution in [0.25, 0.3) is 45.0 Å². The van der Waals surface area contributed by atoms with Gasteiger partial charge in [-0.15, -0.1) is 0 Å². The number of hydrogen-bond acceptors (Lipinski definition) is 0. The topological polar surface area (TPSA) is 31.6 Å². The minimum Gasteiger partial charge on any atom is -0.355 e. The zero-order valence-electron chi connectivity index (χ0n) is 17.2. The summed E-state index contributed by atoms with van der Waals surface area (Å²) in [4.78, 5) is 7.19. The first-order chi connectivity index (χ1) is 14.7. The number of aromatic amines is 2. The second-order valence-electron chi connectivity index (χ2n) is 7.78. The summed E-state index contributed by atoms with van der Waals surface area (Å²) < 4.78 is 0. The van der Waals surface area contributed by atoms with Crippen molar-refractivity contribution in [2.75, 3.05) is 0 Å². The Morgan fingerprint density at radius 2 is 0.867 bits per heavy atom. The van der Waals surface area contributed by atoms with Crippen LogP contribution in [0, 0.1) is 13.8 Å². The lowest BCUT2D eigenvalue weighted by molar-refractivity contribution is 1.35. The van der Waals surface area contributed by atoms with Gasteiger partial charge in [0.2, 0.25) is 0 Å². The molecule has 0 saturated carbocycles. The van der Waals surface area contributed by atoms with Crippen LogP contribution in [0.1, 0.15) is 11.1 Å². The number of H-pyrrole nitrogens is 2. The Kier molecular flexibility index (Phi) is 4.61. The van der Waals surface area contributed by atoms with Crippen LogP contribution in [0.15, 0.2) is 97.1 Å². The fourth-order valence-electron chi connectivity index (χ4n) is 4.05. The van der Waals surface area contributed by atoms with Crippen molar-refractivity contribution in [3.05, 3.63) is 108 Å². The lowest BCUT2D eigenvalue weighted by Gasteiger charge is -2.05. The van der Waals surface area contributed by atoms with Gasteiger partial charge in [-0.25, -0.2) is 0 Å². The first kappa shape index (κ1) is 18.3. The third-order valence-electron chi connectivity index (χ3n) is 5.73. The number of aryl methyl sites for hydroxylation is 2. The van der Waals surface area contributed by atoms with Crippen LogP contribution in [0.2, 0.25) is 0 Å². The van der Waals surface area contributed by atoms with Crippen LogP contribution >= 0.6 is 0 Å².